The summed E-state index contributed by atoms with van der Waals surface area (Å²) in [6.07, 6.45) is 5.02. The largest absolute Gasteiger partial charge is 0.481 e. The minimum atomic E-state index is -0.866. The second-order valence-electron chi connectivity index (χ2n) is 9.87. The van der Waals surface area contributed by atoms with Crippen molar-refractivity contribution in [1.29, 1.82) is 0 Å². The Hall–Kier alpha value is -3.65. The number of nitrogens with zero attached hydrogens (tertiary/aromatic N) is 3. The lowest BCUT2D eigenvalue weighted by Crippen LogP contribution is -2.10. The molecule has 0 amide bonds. The first-order chi connectivity index (χ1) is 18.0. The quantitative estimate of drug-likeness (QED) is 0.238. The van der Waals surface area contributed by atoms with Gasteiger partial charge in [-0.25, -0.2) is 15.0 Å². The fourth-order valence-corrected chi connectivity index (χ4v) is 5.20. The Bertz CT molecular complexity index is 1570. The lowest BCUT2D eigenvalue weighted by Gasteiger charge is -2.13. The molecule has 2 N–H and O–H groups in total. The summed E-state index contributed by atoms with van der Waals surface area (Å²) >= 11 is 7.67. The Morgan fingerprint density at radius 1 is 0.947 bits per heavy atom. The van der Waals surface area contributed by atoms with Crippen molar-refractivity contribution in [3.63, 3.8) is 0 Å². The predicted octanol–water partition coefficient (Wildman–Crippen LogP) is 7.45. The zero-order valence-electron chi connectivity index (χ0n) is 21.6. The third-order valence-electron chi connectivity index (χ3n) is 5.48. The van der Waals surface area contributed by atoms with E-state index in [9.17, 15) is 9.90 Å². The van der Waals surface area contributed by atoms with E-state index in [1.807, 2.05) is 55.5 Å². The average molecular weight is 546 g/mol. The molecule has 2 heterocycles. The maximum Gasteiger partial charge on any atom is 0.307 e. The average Bonchev–Trinajstić information content (AvgIpc) is 3.28. The van der Waals surface area contributed by atoms with Crippen LogP contribution in [0.2, 0.25) is 5.02 Å². The molecule has 0 spiro atoms. The van der Waals surface area contributed by atoms with E-state index in [-0.39, 0.29) is 6.42 Å². The predicted molar refractivity (Wildman–Crippen MR) is 155 cm³/mol. The molecule has 0 saturated heterocycles. The van der Waals surface area contributed by atoms with Gasteiger partial charge in [0.05, 0.1) is 22.2 Å². The topological polar surface area (TPSA) is 96.2 Å². The van der Waals surface area contributed by atoms with Gasteiger partial charge in [-0.2, -0.15) is 0 Å². The van der Waals surface area contributed by atoms with Gasteiger partial charge in [0.2, 0.25) is 0 Å². The number of thiazole rings is 1. The highest BCUT2D eigenvalue weighted by Gasteiger charge is 2.19. The van der Waals surface area contributed by atoms with Crippen molar-refractivity contribution in [2.24, 2.45) is 0 Å². The maximum atomic E-state index is 11.7. The number of aliphatic carboxylic acids is 1. The molecule has 0 saturated carbocycles. The number of aryl methyl sites for hydroxylation is 1. The summed E-state index contributed by atoms with van der Waals surface area (Å²) in [6.45, 7) is 7.17. The van der Waals surface area contributed by atoms with Gasteiger partial charge in [0.25, 0.3) is 0 Å². The summed E-state index contributed by atoms with van der Waals surface area (Å²) in [6, 6.07) is 17.6. The van der Waals surface area contributed by atoms with E-state index >= 15 is 0 Å². The number of aromatic nitrogens is 3. The summed E-state index contributed by atoms with van der Waals surface area (Å²) in [5, 5.41) is 19.6. The molecular weight excluding hydrogens is 518 g/mol. The van der Waals surface area contributed by atoms with Crippen molar-refractivity contribution in [3.05, 3.63) is 89.5 Å². The molecule has 6 nitrogen and oxygen atoms in total. The number of fused-ring (bicyclic) bond motifs is 1. The van der Waals surface area contributed by atoms with Crippen LogP contribution in [0.25, 0.3) is 43.0 Å². The molecule has 2 aromatic heterocycles. The molecule has 0 aliphatic carbocycles. The Morgan fingerprint density at radius 2 is 1.58 bits per heavy atom. The van der Waals surface area contributed by atoms with Gasteiger partial charge in [-0.05, 0) is 74.2 Å². The van der Waals surface area contributed by atoms with Crippen LogP contribution in [0.1, 0.15) is 31.9 Å². The minimum absolute atomic E-state index is 0.0591. The number of benzene rings is 3. The Labute approximate surface area is 230 Å². The van der Waals surface area contributed by atoms with Gasteiger partial charge in [-0.15, -0.1) is 11.3 Å². The molecule has 0 atom stereocenters. The molecule has 0 unspecified atom stereocenters. The number of carboxylic acid groups (broad SMARTS) is 1. The van der Waals surface area contributed by atoms with E-state index in [0.29, 0.717) is 5.02 Å². The first-order valence-corrected chi connectivity index (χ1v) is 13.2. The third-order valence-corrected chi connectivity index (χ3v) is 6.87. The number of rotatable bonds is 5. The Balaban J connectivity index is 0.000000617. The van der Waals surface area contributed by atoms with Crippen LogP contribution in [0.3, 0.4) is 0 Å². The van der Waals surface area contributed by atoms with Gasteiger partial charge in [0, 0.05) is 34.1 Å². The molecule has 5 aromatic rings. The van der Waals surface area contributed by atoms with E-state index < -0.39 is 11.6 Å². The van der Waals surface area contributed by atoms with Crippen LogP contribution >= 0.6 is 22.9 Å². The van der Waals surface area contributed by atoms with Crippen LogP contribution in [-0.2, 0) is 11.2 Å². The van der Waals surface area contributed by atoms with Crippen molar-refractivity contribution < 1.29 is 15.0 Å². The van der Waals surface area contributed by atoms with Gasteiger partial charge < -0.3 is 10.2 Å². The lowest BCUT2D eigenvalue weighted by atomic mass is 9.93. The van der Waals surface area contributed by atoms with Gasteiger partial charge in [0.1, 0.15) is 11.3 Å². The van der Waals surface area contributed by atoms with E-state index in [4.69, 9.17) is 21.7 Å². The molecule has 3 aromatic carbocycles. The first kappa shape index (κ1) is 27.4. The van der Waals surface area contributed by atoms with Crippen molar-refractivity contribution in [2.45, 2.75) is 39.7 Å². The second-order valence-corrected chi connectivity index (χ2v) is 11.3. The van der Waals surface area contributed by atoms with Gasteiger partial charge in [-0.3, -0.25) is 4.79 Å². The van der Waals surface area contributed by atoms with Crippen LogP contribution in [0.5, 0.6) is 0 Å². The first-order valence-electron chi connectivity index (χ1n) is 12.0. The second kappa shape index (κ2) is 11.4. The molecule has 0 aliphatic rings. The van der Waals surface area contributed by atoms with Crippen molar-refractivity contribution in [3.8, 4) is 32.8 Å². The SMILES string of the molecule is CC(C)(C)O.Cc1cc2nc(-c3cccc(-c4cncnc4)c3)sc2c(-c2ccc(Cl)cc2)c1CC(=O)O. The highest BCUT2D eigenvalue weighted by molar-refractivity contribution is 7.22. The zero-order chi connectivity index (χ0) is 27.4. The van der Waals surface area contributed by atoms with Crippen molar-refractivity contribution in [1.82, 2.24) is 15.0 Å². The maximum absolute atomic E-state index is 11.7. The number of carboxylic acids is 1. The van der Waals surface area contributed by atoms with Crippen LogP contribution < -0.4 is 0 Å². The highest BCUT2D eigenvalue weighted by Crippen LogP contribution is 2.41. The molecule has 38 heavy (non-hydrogen) atoms. The van der Waals surface area contributed by atoms with Crippen LogP contribution in [0.4, 0.5) is 0 Å². The monoisotopic (exact) mass is 545 g/mol. The molecule has 5 rings (SSSR count). The summed E-state index contributed by atoms with van der Waals surface area (Å²) < 4.78 is 0.961. The number of hydrogen-bond donors (Lipinski definition) is 2. The standard InChI is InChI=1S/C26H18ClN3O2S.C4H10O/c1-15-9-22-25(24(21(15)11-23(31)32)16-5-7-20(27)8-6-16)33-26(30-22)18-4-2-3-17(10-18)19-12-28-14-29-13-19;1-4(2,3)5/h2-10,12-14H,11H2,1H3,(H,31,32);5H,1-3H3. The number of hydrogen-bond acceptors (Lipinski definition) is 6. The smallest absolute Gasteiger partial charge is 0.307 e. The molecule has 0 fully saturated rings. The number of carbonyl (C=O) groups is 1. The van der Waals surface area contributed by atoms with E-state index in [1.165, 1.54) is 6.33 Å². The highest BCUT2D eigenvalue weighted by atomic mass is 35.5. The Kier molecular flexibility index (Phi) is 8.21. The summed E-state index contributed by atoms with van der Waals surface area (Å²) in [7, 11) is 0. The fraction of sp³-hybridized carbons (Fsp3) is 0.200. The molecule has 0 bridgehead atoms. The summed E-state index contributed by atoms with van der Waals surface area (Å²) in [5.74, 6) is -0.866. The van der Waals surface area contributed by atoms with Crippen LogP contribution in [0.15, 0.2) is 73.3 Å². The zero-order valence-corrected chi connectivity index (χ0v) is 23.1. The molecule has 194 valence electrons. The van der Waals surface area contributed by atoms with Crippen molar-refractivity contribution in [2.75, 3.05) is 0 Å². The lowest BCUT2D eigenvalue weighted by molar-refractivity contribution is -0.136. The van der Waals surface area contributed by atoms with E-state index in [0.717, 1.165) is 54.2 Å². The van der Waals surface area contributed by atoms with Crippen molar-refractivity contribution >= 4 is 39.1 Å². The summed E-state index contributed by atoms with van der Waals surface area (Å²) in [5.41, 5.74) is 6.80. The van der Waals surface area contributed by atoms with Gasteiger partial charge in [0.15, 0.2) is 0 Å². The minimum Gasteiger partial charge on any atom is -0.481 e. The fourth-order valence-electron chi connectivity index (χ4n) is 3.94. The molecule has 8 heteroatoms. The number of halogens is 1. The molecular formula is C30H28ClN3O3S. The number of aliphatic hydroxyl groups is 1. The molecule has 0 aliphatic heterocycles. The molecule has 0 radical (unpaired) electrons. The Morgan fingerprint density at radius 3 is 2.21 bits per heavy atom. The normalized spacial score (nSPS) is 11.2. The van der Waals surface area contributed by atoms with E-state index in [1.54, 1.807) is 44.5 Å². The van der Waals surface area contributed by atoms with Crippen LogP contribution in [-0.4, -0.2) is 36.7 Å². The van der Waals surface area contributed by atoms with Gasteiger partial charge in [-0.1, -0.05) is 41.9 Å². The third kappa shape index (κ3) is 6.81. The summed E-state index contributed by atoms with van der Waals surface area (Å²) in [4.78, 5) is 24.8. The van der Waals surface area contributed by atoms with Crippen LogP contribution in [0, 0.1) is 6.92 Å². The van der Waals surface area contributed by atoms with Gasteiger partial charge >= 0.3 is 5.97 Å². The van der Waals surface area contributed by atoms with E-state index in [2.05, 4.69) is 16.0 Å².